The Labute approximate surface area is 193 Å². The maximum absolute atomic E-state index is 10.2. The van der Waals surface area contributed by atoms with Gasteiger partial charge in [0, 0.05) is 13.2 Å². The summed E-state index contributed by atoms with van der Waals surface area (Å²) in [4.78, 5) is 0. The minimum atomic E-state index is -0.218. The van der Waals surface area contributed by atoms with E-state index in [1.54, 1.807) is 0 Å². The van der Waals surface area contributed by atoms with Crippen LogP contribution in [0.5, 0.6) is 0 Å². The Morgan fingerprint density at radius 1 is 0.375 bits per heavy atom. The lowest BCUT2D eigenvalue weighted by Gasteiger charge is -2.09. The van der Waals surface area contributed by atoms with Crippen LogP contribution in [-0.4, -0.2) is 126 Å². The second-order valence-electron chi connectivity index (χ2n) is 7.07. The van der Waals surface area contributed by atoms with E-state index in [2.05, 4.69) is 13.8 Å². The van der Waals surface area contributed by atoms with Crippen LogP contribution >= 0.6 is 0 Å². The molecule has 0 aromatic heterocycles. The molecule has 0 aliphatic heterocycles. The lowest BCUT2D eigenvalue weighted by Crippen LogP contribution is -2.16. The molecule has 10 heteroatoms. The molecule has 0 N–H and O–H groups in total. The van der Waals surface area contributed by atoms with Crippen molar-refractivity contribution in [2.75, 3.05) is 126 Å². The van der Waals surface area contributed by atoms with Crippen LogP contribution in [0.15, 0.2) is 0 Å². The highest BCUT2D eigenvalue weighted by Crippen LogP contribution is 1.92. The van der Waals surface area contributed by atoms with E-state index in [-0.39, 0.29) is 13.2 Å². The minimum Gasteiger partial charge on any atom is -0.853 e. The zero-order valence-corrected chi connectivity index (χ0v) is 20.1. The Balaban J connectivity index is 3.00. The van der Waals surface area contributed by atoms with Gasteiger partial charge in [-0.25, -0.2) is 0 Å². The van der Waals surface area contributed by atoms with Gasteiger partial charge in [0.05, 0.1) is 106 Å². The van der Waals surface area contributed by atoms with E-state index in [4.69, 9.17) is 42.6 Å². The smallest absolute Gasteiger partial charge is 0.0701 e. The van der Waals surface area contributed by atoms with Gasteiger partial charge in [0.25, 0.3) is 0 Å². The normalized spacial score (nSPS) is 11.6. The number of hydrogen-bond donors (Lipinski definition) is 0. The summed E-state index contributed by atoms with van der Waals surface area (Å²) < 4.78 is 48.2. The van der Waals surface area contributed by atoms with Crippen LogP contribution in [-0.2, 0) is 42.6 Å². The van der Waals surface area contributed by atoms with Gasteiger partial charge in [0.2, 0.25) is 0 Å². The maximum Gasteiger partial charge on any atom is 0.0701 e. The van der Waals surface area contributed by atoms with Crippen LogP contribution in [0.4, 0.5) is 0 Å². The predicted molar refractivity (Wildman–Crippen MR) is 117 cm³/mol. The Morgan fingerprint density at radius 3 is 0.812 bits per heavy atom. The maximum atomic E-state index is 10.2. The average Bonchev–Trinajstić information content (AvgIpc) is 2.78. The molecule has 0 atom stereocenters. The van der Waals surface area contributed by atoms with Crippen molar-refractivity contribution in [3.63, 3.8) is 0 Å². The molecule has 0 radical (unpaired) electrons. The van der Waals surface area contributed by atoms with Crippen LogP contribution in [0, 0.1) is 5.92 Å². The molecule has 0 amide bonds. The number of rotatable bonds is 28. The zero-order chi connectivity index (χ0) is 23.4. The fourth-order valence-electron chi connectivity index (χ4n) is 2.14. The molecule has 0 aromatic rings. The van der Waals surface area contributed by atoms with E-state index in [0.717, 1.165) is 6.61 Å². The van der Waals surface area contributed by atoms with Crippen LogP contribution in [0.2, 0.25) is 0 Å². The van der Waals surface area contributed by atoms with Crippen molar-refractivity contribution in [2.24, 2.45) is 5.92 Å². The van der Waals surface area contributed by atoms with Gasteiger partial charge in [-0.15, -0.1) is 6.61 Å². The first-order chi connectivity index (χ1) is 15.8. The fraction of sp³-hybridized carbons (Fsp3) is 1.00. The summed E-state index contributed by atoms with van der Waals surface area (Å²) in [7, 11) is 0. The van der Waals surface area contributed by atoms with Crippen molar-refractivity contribution in [3.8, 4) is 0 Å². The molecule has 0 fully saturated rings. The Bertz CT molecular complexity index is 334. The average molecular weight is 470 g/mol. The molecule has 32 heavy (non-hydrogen) atoms. The van der Waals surface area contributed by atoms with Gasteiger partial charge < -0.3 is 47.7 Å². The predicted octanol–water partition coefficient (Wildman–Crippen LogP) is 0.152. The molecule has 0 spiro atoms. The van der Waals surface area contributed by atoms with E-state index in [1.165, 1.54) is 0 Å². The lowest BCUT2D eigenvalue weighted by molar-refractivity contribution is -0.374. The zero-order valence-electron chi connectivity index (χ0n) is 20.1. The molecule has 0 aromatic carbocycles. The molecule has 0 rings (SSSR count). The molecule has 0 saturated carbocycles. The summed E-state index contributed by atoms with van der Waals surface area (Å²) in [5.74, 6) is 0.550. The summed E-state index contributed by atoms with van der Waals surface area (Å²) in [6.45, 7) is 13.4. The summed E-state index contributed by atoms with van der Waals surface area (Å²) >= 11 is 0. The van der Waals surface area contributed by atoms with E-state index in [9.17, 15) is 5.11 Å². The van der Waals surface area contributed by atoms with Crippen LogP contribution in [0.1, 0.15) is 13.8 Å². The van der Waals surface area contributed by atoms with E-state index >= 15 is 0 Å². The Hall–Kier alpha value is -0.400. The van der Waals surface area contributed by atoms with E-state index in [1.807, 2.05) is 0 Å². The topological polar surface area (TPSA) is 106 Å². The number of hydrogen-bond acceptors (Lipinski definition) is 10. The minimum absolute atomic E-state index is 0.218. The molecule has 0 unspecified atom stereocenters. The van der Waals surface area contributed by atoms with Gasteiger partial charge >= 0.3 is 0 Å². The Kier molecular flexibility index (Phi) is 28.3. The lowest BCUT2D eigenvalue weighted by atomic mass is 10.2. The standard InChI is InChI=1S/C22H45O10/c1-22(2)21-32-20-19-31-18-17-30-16-15-29-14-13-28-12-11-27-10-9-26-8-7-25-6-5-24-4-3-23/h22H,3-21H2,1-2H3/q-1. The van der Waals surface area contributed by atoms with Crippen molar-refractivity contribution in [1.29, 1.82) is 0 Å². The van der Waals surface area contributed by atoms with Crippen molar-refractivity contribution in [2.45, 2.75) is 13.8 Å². The summed E-state index contributed by atoms with van der Waals surface area (Å²) in [5, 5.41) is 10.2. The van der Waals surface area contributed by atoms with Gasteiger partial charge in [-0.1, -0.05) is 13.8 Å². The van der Waals surface area contributed by atoms with Crippen LogP contribution in [0.25, 0.3) is 0 Å². The van der Waals surface area contributed by atoms with E-state index in [0.29, 0.717) is 112 Å². The SMILES string of the molecule is CC(C)COCCOCCOCCOCCOCCOCCOCCOCCOCC[O-]. The Morgan fingerprint density at radius 2 is 0.594 bits per heavy atom. The summed E-state index contributed by atoms with van der Waals surface area (Å²) in [6, 6.07) is 0. The molecule has 0 aliphatic rings. The highest BCUT2D eigenvalue weighted by atomic mass is 16.6. The molecule has 0 bridgehead atoms. The third kappa shape index (κ3) is 29.6. The molecule has 194 valence electrons. The van der Waals surface area contributed by atoms with Gasteiger partial charge in [0.15, 0.2) is 0 Å². The second-order valence-corrected chi connectivity index (χ2v) is 7.07. The summed E-state index contributed by atoms with van der Waals surface area (Å²) in [6.07, 6.45) is 0. The van der Waals surface area contributed by atoms with Gasteiger partial charge in [-0.05, 0) is 5.92 Å². The molecular weight excluding hydrogens is 424 g/mol. The highest BCUT2D eigenvalue weighted by molar-refractivity contribution is 4.40. The fourth-order valence-corrected chi connectivity index (χ4v) is 2.14. The van der Waals surface area contributed by atoms with Crippen LogP contribution < -0.4 is 5.11 Å². The molecule has 0 saturated heterocycles. The van der Waals surface area contributed by atoms with E-state index < -0.39 is 0 Å². The molecular formula is C22H45O10-. The highest BCUT2D eigenvalue weighted by Gasteiger charge is 1.96. The van der Waals surface area contributed by atoms with Gasteiger partial charge in [-0.3, -0.25) is 0 Å². The van der Waals surface area contributed by atoms with Gasteiger partial charge in [-0.2, -0.15) is 0 Å². The van der Waals surface area contributed by atoms with Crippen molar-refractivity contribution < 1.29 is 47.7 Å². The van der Waals surface area contributed by atoms with Gasteiger partial charge in [0.1, 0.15) is 0 Å². The largest absolute Gasteiger partial charge is 0.853 e. The van der Waals surface area contributed by atoms with Crippen molar-refractivity contribution >= 4 is 0 Å². The van der Waals surface area contributed by atoms with Crippen molar-refractivity contribution in [1.82, 2.24) is 0 Å². The summed E-state index contributed by atoms with van der Waals surface area (Å²) in [5.41, 5.74) is 0. The molecule has 10 nitrogen and oxygen atoms in total. The number of ether oxygens (including phenoxy) is 9. The molecule has 0 aliphatic carbocycles. The first-order valence-corrected chi connectivity index (χ1v) is 11.5. The third-order valence-electron chi connectivity index (χ3n) is 3.65. The molecule has 0 heterocycles. The third-order valence-corrected chi connectivity index (χ3v) is 3.65. The second kappa shape index (κ2) is 28.6. The van der Waals surface area contributed by atoms with Crippen molar-refractivity contribution in [3.05, 3.63) is 0 Å². The first kappa shape index (κ1) is 31.6. The quantitative estimate of drug-likeness (QED) is 0.147. The first-order valence-electron chi connectivity index (χ1n) is 11.5. The monoisotopic (exact) mass is 469 g/mol. The van der Waals surface area contributed by atoms with Crippen LogP contribution in [0.3, 0.4) is 0 Å².